The average Bonchev–Trinajstić information content (AvgIpc) is 2.88. The maximum atomic E-state index is 14.9. The third-order valence-corrected chi connectivity index (χ3v) is 6.09. The van der Waals surface area contributed by atoms with Gasteiger partial charge in [-0.1, -0.05) is 12.1 Å². The molecule has 0 saturated carbocycles. The molecule has 4 rings (SSSR count). The van der Waals surface area contributed by atoms with Crippen molar-refractivity contribution in [2.45, 2.75) is 19.6 Å². The number of hydrogen-bond acceptors (Lipinski definition) is 5. The predicted molar refractivity (Wildman–Crippen MR) is 133 cm³/mol. The zero-order valence-corrected chi connectivity index (χ0v) is 20.4. The van der Waals surface area contributed by atoms with Crippen LogP contribution in [0.15, 0.2) is 60.9 Å². The van der Waals surface area contributed by atoms with E-state index in [2.05, 4.69) is 14.8 Å². The molecule has 3 aromatic rings. The molecule has 1 aliphatic heterocycles. The second-order valence-electron chi connectivity index (χ2n) is 8.76. The van der Waals surface area contributed by atoms with Gasteiger partial charge in [-0.15, -0.1) is 0 Å². The van der Waals surface area contributed by atoms with Crippen LogP contribution in [0.5, 0.6) is 5.75 Å². The zero-order valence-electron chi connectivity index (χ0n) is 20.4. The molecule has 1 saturated heterocycles. The van der Waals surface area contributed by atoms with E-state index in [0.29, 0.717) is 30.0 Å². The molecule has 6 nitrogen and oxygen atoms in total. The van der Waals surface area contributed by atoms with Crippen LogP contribution in [-0.2, 0) is 6.54 Å². The minimum atomic E-state index is -4.45. The number of hydrogen-bond donors (Lipinski definition) is 1. The van der Waals surface area contributed by atoms with E-state index in [1.165, 1.54) is 12.1 Å². The largest absolute Gasteiger partial charge is 0.492 e. The zero-order chi connectivity index (χ0) is 26.4. The topological polar surface area (TPSA) is 57.7 Å². The van der Waals surface area contributed by atoms with Crippen molar-refractivity contribution in [2.75, 3.05) is 44.2 Å². The highest BCUT2D eigenvalue weighted by atomic mass is 19.4. The lowest BCUT2D eigenvalue weighted by atomic mass is 10.0. The summed E-state index contributed by atoms with van der Waals surface area (Å²) in [6.07, 6.45) is -1.24. The van der Waals surface area contributed by atoms with Crippen LogP contribution in [-0.4, -0.2) is 61.3 Å². The number of aromatic nitrogens is 1. The first-order valence-corrected chi connectivity index (χ1v) is 12.0. The monoisotopic (exact) mass is 516 g/mol. The molecule has 2 aromatic carbocycles. The van der Waals surface area contributed by atoms with E-state index < -0.39 is 18.6 Å². The van der Waals surface area contributed by atoms with Gasteiger partial charge in [0.05, 0.1) is 12.8 Å². The van der Waals surface area contributed by atoms with Gasteiger partial charge < -0.3 is 15.0 Å². The first-order chi connectivity index (χ1) is 17.7. The summed E-state index contributed by atoms with van der Waals surface area (Å²) in [4.78, 5) is 20.4. The van der Waals surface area contributed by atoms with Crippen molar-refractivity contribution in [3.8, 4) is 16.9 Å². The van der Waals surface area contributed by atoms with Crippen LogP contribution in [0.2, 0.25) is 0 Å². The van der Waals surface area contributed by atoms with Gasteiger partial charge in [-0.2, -0.15) is 13.2 Å². The minimum Gasteiger partial charge on any atom is -0.492 e. The Labute approximate surface area is 212 Å². The second-order valence-corrected chi connectivity index (χ2v) is 8.76. The van der Waals surface area contributed by atoms with E-state index in [1.807, 2.05) is 18.3 Å². The number of halogens is 4. The van der Waals surface area contributed by atoms with Crippen molar-refractivity contribution in [2.24, 2.45) is 0 Å². The Kier molecular flexibility index (Phi) is 8.27. The molecule has 37 heavy (non-hydrogen) atoms. The number of nitrogens with zero attached hydrogens (tertiary/aromatic N) is 3. The van der Waals surface area contributed by atoms with E-state index in [-0.39, 0.29) is 11.4 Å². The predicted octanol–water partition coefficient (Wildman–Crippen LogP) is 4.90. The van der Waals surface area contributed by atoms with Crippen molar-refractivity contribution in [1.82, 2.24) is 15.2 Å². The minimum absolute atomic E-state index is 0.178. The summed E-state index contributed by atoms with van der Waals surface area (Å²) in [5.41, 5.74) is 3.08. The normalized spacial score (nSPS) is 14.5. The van der Waals surface area contributed by atoms with Crippen molar-refractivity contribution >= 4 is 11.6 Å². The second kappa shape index (κ2) is 11.6. The average molecular weight is 517 g/mol. The summed E-state index contributed by atoms with van der Waals surface area (Å²) in [6.45, 7) is 4.62. The maximum Gasteiger partial charge on any atom is 0.405 e. The van der Waals surface area contributed by atoms with Crippen LogP contribution in [0.25, 0.3) is 11.1 Å². The number of carbonyl (C=O) groups excluding carboxylic acids is 1. The fraction of sp³-hybridized carbons (Fsp3) is 0.333. The molecular weight excluding hydrogens is 488 g/mol. The third kappa shape index (κ3) is 7.19. The Morgan fingerprint density at radius 1 is 1.03 bits per heavy atom. The first kappa shape index (κ1) is 26.4. The molecule has 1 aliphatic rings. The van der Waals surface area contributed by atoms with Crippen LogP contribution in [0, 0.1) is 5.82 Å². The number of nitrogens with one attached hydrogen (secondary N) is 1. The highest BCUT2D eigenvalue weighted by Gasteiger charge is 2.28. The Balaban J connectivity index is 1.30. The van der Waals surface area contributed by atoms with E-state index in [9.17, 15) is 22.4 Å². The number of anilines is 1. The highest BCUT2D eigenvalue weighted by molar-refractivity contribution is 5.94. The molecule has 2 heterocycles. The van der Waals surface area contributed by atoms with Crippen molar-refractivity contribution in [1.29, 1.82) is 0 Å². The molecule has 1 amide bonds. The smallest absolute Gasteiger partial charge is 0.405 e. The molecule has 0 aliphatic carbocycles. The first-order valence-electron chi connectivity index (χ1n) is 12.0. The van der Waals surface area contributed by atoms with Gasteiger partial charge in [0.25, 0.3) is 5.91 Å². The fourth-order valence-electron chi connectivity index (χ4n) is 4.23. The quantitative estimate of drug-likeness (QED) is 0.432. The molecule has 1 aromatic heterocycles. The van der Waals surface area contributed by atoms with Crippen LogP contribution >= 0.6 is 0 Å². The summed E-state index contributed by atoms with van der Waals surface area (Å²) in [6, 6.07) is 13.5. The molecule has 1 fully saturated rings. The van der Waals surface area contributed by atoms with Crippen LogP contribution in [0.4, 0.5) is 23.2 Å². The summed E-state index contributed by atoms with van der Waals surface area (Å²) >= 11 is 0. The van der Waals surface area contributed by atoms with E-state index in [1.54, 1.807) is 42.7 Å². The van der Waals surface area contributed by atoms with Crippen molar-refractivity contribution in [3.63, 3.8) is 0 Å². The standard InChI is InChI=1S/C27H28F4N4O2/c1-2-37-23-14-21(15-32-16-23)24-8-3-19(13-25(24)28)17-34-9-11-35(12-10-34)22-6-4-20(5-7-22)26(36)33-18-27(29,30)31/h3-8,13-16H,2,9-12,17-18H2,1H3,(H,33,36). The number of piperazine rings is 1. The Morgan fingerprint density at radius 3 is 2.41 bits per heavy atom. The number of carbonyl (C=O) groups is 1. The summed E-state index contributed by atoms with van der Waals surface area (Å²) in [7, 11) is 0. The molecule has 10 heteroatoms. The van der Waals surface area contributed by atoms with Gasteiger partial charge in [-0.25, -0.2) is 4.39 Å². The molecule has 0 radical (unpaired) electrons. The lowest BCUT2D eigenvalue weighted by molar-refractivity contribution is -0.123. The molecule has 1 N–H and O–H groups in total. The summed E-state index contributed by atoms with van der Waals surface area (Å²) in [5.74, 6) is -0.475. The number of ether oxygens (including phenoxy) is 1. The fourth-order valence-corrected chi connectivity index (χ4v) is 4.23. The highest BCUT2D eigenvalue weighted by Crippen LogP contribution is 2.27. The van der Waals surface area contributed by atoms with Gasteiger partial charge in [0.15, 0.2) is 0 Å². The van der Waals surface area contributed by atoms with Gasteiger partial charge in [0, 0.05) is 61.3 Å². The van der Waals surface area contributed by atoms with E-state index in [4.69, 9.17) is 4.74 Å². The Morgan fingerprint density at radius 2 is 1.76 bits per heavy atom. The molecule has 0 atom stereocenters. The number of pyridine rings is 1. The molecule has 0 unspecified atom stereocenters. The molecule has 0 spiro atoms. The van der Waals surface area contributed by atoms with E-state index >= 15 is 0 Å². The lowest BCUT2D eigenvalue weighted by Crippen LogP contribution is -2.46. The van der Waals surface area contributed by atoms with Crippen molar-refractivity contribution < 1.29 is 27.1 Å². The summed E-state index contributed by atoms with van der Waals surface area (Å²) in [5, 5.41) is 1.87. The van der Waals surface area contributed by atoms with Crippen molar-refractivity contribution in [3.05, 3.63) is 77.9 Å². The van der Waals surface area contributed by atoms with Gasteiger partial charge in [-0.3, -0.25) is 14.7 Å². The third-order valence-electron chi connectivity index (χ3n) is 6.09. The van der Waals surface area contributed by atoms with Crippen LogP contribution in [0.3, 0.4) is 0 Å². The van der Waals surface area contributed by atoms with Gasteiger partial charge >= 0.3 is 6.18 Å². The van der Waals surface area contributed by atoms with E-state index in [0.717, 1.165) is 37.4 Å². The Bertz CT molecular complexity index is 1210. The SMILES string of the molecule is CCOc1cncc(-c2ccc(CN3CCN(c4ccc(C(=O)NCC(F)(F)F)cc4)CC3)cc2F)c1. The maximum absolute atomic E-state index is 14.9. The molecule has 196 valence electrons. The number of amides is 1. The Hall–Kier alpha value is -3.66. The van der Waals surface area contributed by atoms with Crippen LogP contribution < -0.4 is 15.0 Å². The van der Waals surface area contributed by atoms with Crippen LogP contribution in [0.1, 0.15) is 22.8 Å². The molecule has 0 bridgehead atoms. The number of alkyl halides is 3. The van der Waals surface area contributed by atoms with Gasteiger partial charge in [-0.05, 0) is 48.9 Å². The number of rotatable bonds is 8. The summed E-state index contributed by atoms with van der Waals surface area (Å²) < 4.78 is 57.3. The van der Waals surface area contributed by atoms with Gasteiger partial charge in [0.2, 0.25) is 0 Å². The number of benzene rings is 2. The molecular formula is C27H28F4N4O2. The lowest BCUT2D eigenvalue weighted by Gasteiger charge is -2.36. The van der Waals surface area contributed by atoms with Gasteiger partial charge in [0.1, 0.15) is 18.1 Å².